The molecule has 0 aliphatic carbocycles. The molecule has 0 atom stereocenters. The standard InChI is InChI=1S/C14H14F2N4O2S/c15-12-4-3-11(7-13(12)16)23(21,22)19-10-8-17-14(18-9-10)20-5-1-2-6-20/h3-4,7-9,19H,1-2,5-6H2. The zero-order valence-corrected chi connectivity index (χ0v) is 12.9. The number of hydrogen-bond acceptors (Lipinski definition) is 5. The quantitative estimate of drug-likeness (QED) is 0.923. The molecule has 2 heterocycles. The highest BCUT2D eigenvalue weighted by Crippen LogP contribution is 2.19. The van der Waals surface area contributed by atoms with E-state index in [1.807, 2.05) is 4.90 Å². The van der Waals surface area contributed by atoms with Gasteiger partial charge in [0, 0.05) is 13.1 Å². The van der Waals surface area contributed by atoms with E-state index in [9.17, 15) is 17.2 Å². The molecule has 0 radical (unpaired) electrons. The Kier molecular flexibility index (Phi) is 4.12. The molecule has 0 saturated carbocycles. The van der Waals surface area contributed by atoms with Crippen LogP contribution in [-0.4, -0.2) is 31.5 Å². The fourth-order valence-electron chi connectivity index (χ4n) is 2.31. The van der Waals surface area contributed by atoms with Crippen molar-refractivity contribution >= 4 is 21.7 Å². The Morgan fingerprint density at radius 1 is 1.04 bits per heavy atom. The zero-order valence-electron chi connectivity index (χ0n) is 12.0. The van der Waals surface area contributed by atoms with Crippen molar-refractivity contribution in [3.63, 3.8) is 0 Å². The molecule has 1 aliphatic heterocycles. The van der Waals surface area contributed by atoms with Gasteiger partial charge >= 0.3 is 0 Å². The molecular weight excluding hydrogens is 326 g/mol. The van der Waals surface area contributed by atoms with Gasteiger partial charge in [0.15, 0.2) is 11.6 Å². The predicted molar refractivity (Wildman–Crippen MR) is 80.6 cm³/mol. The smallest absolute Gasteiger partial charge is 0.262 e. The molecule has 2 aromatic rings. The van der Waals surface area contributed by atoms with Crippen molar-refractivity contribution in [2.75, 3.05) is 22.7 Å². The number of anilines is 2. The van der Waals surface area contributed by atoms with Crippen molar-refractivity contribution in [1.29, 1.82) is 0 Å². The molecule has 0 amide bonds. The van der Waals surface area contributed by atoms with Crippen molar-refractivity contribution in [3.8, 4) is 0 Å². The maximum Gasteiger partial charge on any atom is 0.262 e. The van der Waals surface area contributed by atoms with E-state index in [0.29, 0.717) is 12.0 Å². The molecule has 3 rings (SSSR count). The number of nitrogens with one attached hydrogen (secondary N) is 1. The molecule has 1 fully saturated rings. The fraction of sp³-hybridized carbons (Fsp3) is 0.286. The Morgan fingerprint density at radius 3 is 2.30 bits per heavy atom. The Bertz CT molecular complexity index is 806. The van der Waals surface area contributed by atoms with Gasteiger partial charge in [-0.3, -0.25) is 4.72 Å². The predicted octanol–water partition coefficient (Wildman–Crippen LogP) is 2.16. The minimum atomic E-state index is -4.03. The summed E-state index contributed by atoms with van der Waals surface area (Å²) in [6.07, 6.45) is 4.85. The summed E-state index contributed by atoms with van der Waals surface area (Å²) in [5.41, 5.74) is 0.151. The molecule has 23 heavy (non-hydrogen) atoms. The Balaban J connectivity index is 1.78. The topological polar surface area (TPSA) is 75.2 Å². The molecule has 1 N–H and O–H groups in total. The van der Waals surface area contributed by atoms with E-state index >= 15 is 0 Å². The highest BCUT2D eigenvalue weighted by atomic mass is 32.2. The maximum atomic E-state index is 13.2. The van der Waals surface area contributed by atoms with Gasteiger partial charge in [0.1, 0.15) is 0 Å². The summed E-state index contributed by atoms with van der Waals surface area (Å²) in [6.45, 7) is 1.75. The minimum Gasteiger partial charge on any atom is -0.341 e. The van der Waals surface area contributed by atoms with Crippen LogP contribution in [0, 0.1) is 11.6 Å². The average Bonchev–Trinajstić information content (AvgIpc) is 3.04. The maximum absolute atomic E-state index is 13.2. The van der Waals surface area contributed by atoms with Gasteiger partial charge in [-0.1, -0.05) is 0 Å². The lowest BCUT2D eigenvalue weighted by atomic mass is 10.3. The molecular formula is C14H14F2N4O2S. The van der Waals surface area contributed by atoms with E-state index in [2.05, 4.69) is 14.7 Å². The average molecular weight is 340 g/mol. The highest BCUT2D eigenvalue weighted by Gasteiger charge is 2.18. The number of sulfonamides is 1. The van der Waals surface area contributed by atoms with Gasteiger partial charge in [-0.05, 0) is 31.0 Å². The fourth-order valence-corrected chi connectivity index (χ4v) is 3.35. The number of hydrogen-bond donors (Lipinski definition) is 1. The van der Waals surface area contributed by atoms with Gasteiger partial charge in [-0.25, -0.2) is 27.2 Å². The number of aromatic nitrogens is 2. The molecule has 1 aromatic heterocycles. The lowest BCUT2D eigenvalue weighted by Crippen LogP contribution is -2.20. The SMILES string of the molecule is O=S(=O)(Nc1cnc(N2CCCC2)nc1)c1ccc(F)c(F)c1. The van der Waals surface area contributed by atoms with Crippen LogP contribution < -0.4 is 9.62 Å². The molecule has 1 aromatic carbocycles. The second-order valence-electron chi connectivity index (χ2n) is 5.15. The first-order valence-electron chi connectivity index (χ1n) is 7.00. The number of rotatable bonds is 4. The van der Waals surface area contributed by atoms with Gasteiger partial charge in [-0.2, -0.15) is 0 Å². The zero-order chi connectivity index (χ0) is 16.4. The van der Waals surface area contributed by atoms with Gasteiger partial charge in [0.2, 0.25) is 5.95 Å². The third-order valence-corrected chi connectivity index (χ3v) is 4.86. The third kappa shape index (κ3) is 3.39. The minimum absolute atomic E-state index is 0.151. The summed E-state index contributed by atoms with van der Waals surface area (Å²) in [4.78, 5) is 9.88. The molecule has 1 aliphatic rings. The van der Waals surface area contributed by atoms with Crippen molar-refractivity contribution in [1.82, 2.24) is 9.97 Å². The molecule has 0 unspecified atom stereocenters. The van der Waals surface area contributed by atoms with Crippen LogP contribution in [0.4, 0.5) is 20.4 Å². The van der Waals surface area contributed by atoms with E-state index < -0.39 is 21.7 Å². The second kappa shape index (κ2) is 6.07. The lowest BCUT2D eigenvalue weighted by Gasteiger charge is -2.15. The summed E-state index contributed by atoms with van der Waals surface area (Å²) < 4.78 is 52.6. The number of nitrogens with zero attached hydrogens (tertiary/aromatic N) is 3. The summed E-state index contributed by atoms with van der Waals surface area (Å²) >= 11 is 0. The molecule has 0 spiro atoms. The highest BCUT2D eigenvalue weighted by molar-refractivity contribution is 7.92. The summed E-state index contributed by atoms with van der Waals surface area (Å²) in [6, 6.07) is 2.37. The van der Waals surface area contributed by atoms with E-state index in [0.717, 1.165) is 38.1 Å². The van der Waals surface area contributed by atoms with E-state index in [-0.39, 0.29) is 10.6 Å². The van der Waals surface area contributed by atoms with Crippen LogP contribution >= 0.6 is 0 Å². The summed E-state index contributed by atoms with van der Waals surface area (Å²) in [7, 11) is -4.03. The lowest BCUT2D eigenvalue weighted by molar-refractivity contribution is 0.504. The molecule has 0 bridgehead atoms. The van der Waals surface area contributed by atoms with Crippen LogP contribution in [0.15, 0.2) is 35.5 Å². The first-order valence-corrected chi connectivity index (χ1v) is 8.49. The number of benzene rings is 1. The van der Waals surface area contributed by atoms with E-state index in [1.165, 1.54) is 12.4 Å². The van der Waals surface area contributed by atoms with Crippen LogP contribution in [0.3, 0.4) is 0 Å². The van der Waals surface area contributed by atoms with Gasteiger partial charge in [0.25, 0.3) is 10.0 Å². The molecule has 9 heteroatoms. The van der Waals surface area contributed by atoms with Gasteiger partial charge in [0.05, 0.1) is 23.0 Å². The largest absolute Gasteiger partial charge is 0.341 e. The van der Waals surface area contributed by atoms with E-state index in [1.54, 1.807) is 0 Å². The van der Waals surface area contributed by atoms with Crippen LogP contribution in [0.25, 0.3) is 0 Å². The van der Waals surface area contributed by atoms with Crippen molar-refractivity contribution in [3.05, 3.63) is 42.2 Å². The van der Waals surface area contributed by atoms with Gasteiger partial charge in [-0.15, -0.1) is 0 Å². The Hall–Kier alpha value is -2.29. The number of halogens is 2. The van der Waals surface area contributed by atoms with Crippen LogP contribution in [0.1, 0.15) is 12.8 Å². The third-order valence-electron chi connectivity index (χ3n) is 3.48. The first kappa shape index (κ1) is 15.6. The first-order chi connectivity index (χ1) is 11.0. The molecule has 6 nitrogen and oxygen atoms in total. The van der Waals surface area contributed by atoms with Crippen LogP contribution in [0.2, 0.25) is 0 Å². The van der Waals surface area contributed by atoms with Crippen molar-refractivity contribution in [2.45, 2.75) is 17.7 Å². The monoisotopic (exact) mass is 340 g/mol. The van der Waals surface area contributed by atoms with Crippen molar-refractivity contribution < 1.29 is 17.2 Å². The van der Waals surface area contributed by atoms with Crippen LogP contribution in [0.5, 0.6) is 0 Å². The summed E-state index contributed by atoms with van der Waals surface area (Å²) in [5.74, 6) is -1.80. The van der Waals surface area contributed by atoms with Crippen LogP contribution in [-0.2, 0) is 10.0 Å². The Labute approximate surface area is 132 Å². The molecule has 1 saturated heterocycles. The molecule has 122 valence electrons. The second-order valence-corrected chi connectivity index (χ2v) is 6.83. The van der Waals surface area contributed by atoms with E-state index in [4.69, 9.17) is 0 Å². The normalized spacial score (nSPS) is 15.0. The Morgan fingerprint density at radius 2 is 1.70 bits per heavy atom. The summed E-state index contributed by atoms with van der Waals surface area (Å²) in [5, 5.41) is 0. The van der Waals surface area contributed by atoms with Gasteiger partial charge < -0.3 is 4.90 Å². The van der Waals surface area contributed by atoms with Crippen molar-refractivity contribution in [2.24, 2.45) is 0 Å².